The number of amides is 2. The second kappa shape index (κ2) is 7.92. The van der Waals surface area contributed by atoms with Gasteiger partial charge in [0.05, 0.1) is 6.54 Å². The van der Waals surface area contributed by atoms with Gasteiger partial charge in [0.15, 0.2) is 0 Å². The smallest absolute Gasteiger partial charge is 0.253 e. The van der Waals surface area contributed by atoms with Gasteiger partial charge in [-0.3, -0.25) is 14.3 Å². The molecule has 2 amide bonds. The molecule has 1 saturated heterocycles. The van der Waals surface area contributed by atoms with Crippen molar-refractivity contribution in [3.8, 4) is 0 Å². The highest BCUT2D eigenvalue weighted by molar-refractivity contribution is 5.94. The van der Waals surface area contributed by atoms with Gasteiger partial charge >= 0.3 is 0 Å². The highest BCUT2D eigenvalue weighted by atomic mass is 16.2. The molecule has 1 aromatic carbocycles. The largest absolute Gasteiger partial charge is 0.339 e. The Bertz CT molecular complexity index is 704. The quantitative estimate of drug-likeness (QED) is 0.820. The Hall–Kier alpha value is -2.70. The van der Waals surface area contributed by atoms with Crippen LogP contribution in [0.3, 0.4) is 0 Å². The molecule has 2 heterocycles. The van der Waals surface area contributed by atoms with Gasteiger partial charge in [-0.05, 0) is 24.1 Å². The van der Waals surface area contributed by atoms with Crippen LogP contribution in [-0.2, 0) is 17.8 Å². The summed E-state index contributed by atoms with van der Waals surface area (Å²) in [5.74, 6) is 0.132. The summed E-state index contributed by atoms with van der Waals surface area (Å²) in [6.45, 7) is 4.93. The molecule has 0 unspecified atom stereocenters. The molecule has 7 heteroatoms. The zero-order valence-corrected chi connectivity index (χ0v) is 14.5. The number of piperazine rings is 1. The van der Waals surface area contributed by atoms with E-state index in [1.807, 2.05) is 34.1 Å². The minimum absolute atomic E-state index is 0.0392. The van der Waals surface area contributed by atoms with Crippen molar-refractivity contribution in [2.45, 2.75) is 26.3 Å². The molecule has 0 bridgehead atoms. The van der Waals surface area contributed by atoms with Gasteiger partial charge in [0.1, 0.15) is 12.7 Å². The molecule has 0 radical (unpaired) electrons. The van der Waals surface area contributed by atoms with E-state index >= 15 is 0 Å². The lowest BCUT2D eigenvalue weighted by molar-refractivity contribution is -0.132. The Balaban J connectivity index is 1.48. The number of nitrogens with zero attached hydrogens (tertiary/aromatic N) is 5. The van der Waals surface area contributed by atoms with Crippen molar-refractivity contribution < 1.29 is 9.59 Å². The highest BCUT2D eigenvalue weighted by Gasteiger charge is 2.24. The van der Waals surface area contributed by atoms with Crippen molar-refractivity contribution >= 4 is 11.8 Å². The van der Waals surface area contributed by atoms with Gasteiger partial charge in [-0.2, -0.15) is 5.10 Å². The Morgan fingerprint density at radius 3 is 2.32 bits per heavy atom. The number of hydrogen-bond donors (Lipinski definition) is 0. The molecule has 7 nitrogen and oxygen atoms in total. The van der Waals surface area contributed by atoms with Crippen molar-refractivity contribution in [1.29, 1.82) is 0 Å². The van der Waals surface area contributed by atoms with E-state index in [0.717, 1.165) is 6.42 Å². The van der Waals surface area contributed by atoms with E-state index < -0.39 is 0 Å². The average molecular weight is 341 g/mol. The summed E-state index contributed by atoms with van der Waals surface area (Å²) in [7, 11) is 0. The first-order valence-corrected chi connectivity index (χ1v) is 8.65. The van der Waals surface area contributed by atoms with E-state index in [1.165, 1.54) is 11.9 Å². The normalized spacial score (nSPS) is 14.6. The summed E-state index contributed by atoms with van der Waals surface area (Å²) in [6, 6.07) is 7.77. The van der Waals surface area contributed by atoms with E-state index in [-0.39, 0.29) is 11.8 Å². The molecule has 0 N–H and O–H groups in total. The SMILES string of the molecule is CCc1ccc(C(=O)N2CCN(C(=O)CCn3cncn3)CC2)cc1. The number of carbonyl (C=O) groups excluding carboxylic acids is 2. The lowest BCUT2D eigenvalue weighted by atomic mass is 10.1. The van der Waals surface area contributed by atoms with Crippen LogP contribution in [0.4, 0.5) is 0 Å². The van der Waals surface area contributed by atoms with Crippen molar-refractivity contribution in [3.05, 3.63) is 48.0 Å². The van der Waals surface area contributed by atoms with E-state index in [4.69, 9.17) is 0 Å². The molecule has 0 spiro atoms. The fourth-order valence-electron chi connectivity index (χ4n) is 2.94. The minimum atomic E-state index is 0.0392. The maximum absolute atomic E-state index is 12.6. The molecule has 0 saturated carbocycles. The molecule has 1 fully saturated rings. The van der Waals surface area contributed by atoms with Crippen LogP contribution < -0.4 is 0 Å². The average Bonchev–Trinajstić information content (AvgIpc) is 3.19. The Morgan fingerprint density at radius 1 is 1.04 bits per heavy atom. The van der Waals surface area contributed by atoms with Gasteiger partial charge in [0.2, 0.25) is 5.91 Å². The summed E-state index contributed by atoms with van der Waals surface area (Å²) >= 11 is 0. The topological polar surface area (TPSA) is 71.3 Å². The Labute approximate surface area is 147 Å². The molecular weight excluding hydrogens is 318 g/mol. The molecule has 3 rings (SSSR count). The molecule has 0 atom stereocenters. The predicted octanol–water partition coefficient (Wildman–Crippen LogP) is 1.22. The van der Waals surface area contributed by atoms with E-state index in [1.54, 1.807) is 11.0 Å². The van der Waals surface area contributed by atoms with Gasteiger partial charge in [-0.15, -0.1) is 0 Å². The summed E-state index contributed by atoms with van der Waals surface area (Å²) in [5.41, 5.74) is 1.93. The van der Waals surface area contributed by atoms with Crippen LogP contribution in [0.25, 0.3) is 0 Å². The highest BCUT2D eigenvalue weighted by Crippen LogP contribution is 2.11. The van der Waals surface area contributed by atoms with Crippen molar-refractivity contribution in [2.75, 3.05) is 26.2 Å². The summed E-state index contributed by atoms with van der Waals surface area (Å²) in [5, 5.41) is 4.00. The molecule has 132 valence electrons. The number of hydrogen-bond acceptors (Lipinski definition) is 4. The minimum Gasteiger partial charge on any atom is -0.339 e. The third kappa shape index (κ3) is 4.23. The summed E-state index contributed by atoms with van der Waals surface area (Å²) in [4.78, 5) is 32.3. The van der Waals surface area contributed by atoms with Crippen molar-refractivity contribution in [1.82, 2.24) is 24.6 Å². The summed E-state index contributed by atoms with van der Waals surface area (Å²) in [6.07, 6.45) is 4.43. The first-order valence-electron chi connectivity index (χ1n) is 8.65. The maximum Gasteiger partial charge on any atom is 0.253 e. The summed E-state index contributed by atoms with van der Waals surface area (Å²) < 4.78 is 1.65. The van der Waals surface area contributed by atoms with Crippen LogP contribution in [0, 0.1) is 0 Å². The van der Waals surface area contributed by atoms with Crippen LogP contribution in [0.15, 0.2) is 36.9 Å². The zero-order chi connectivity index (χ0) is 17.6. The third-order valence-corrected chi connectivity index (χ3v) is 4.55. The second-order valence-corrected chi connectivity index (χ2v) is 6.13. The van der Waals surface area contributed by atoms with Crippen molar-refractivity contribution in [2.24, 2.45) is 0 Å². The first-order chi connectivity index (χ1) is 12.2. The molecule has 2 aromatic rings. The Morgan fingerprint density at radius 2 is 1.72 bits per heavy atom. The van der Waals surface area contributed by atoms with Crippen molar-refractivity contribution in [3.63, 3.8) is 0 Å². The van der Waals surface area contributed by atoms with Gasteiger partial charge in [-0.25, -0.2) is 4.98 Å². The van der Waals surface area contributed by atoms with Gasteiger partial charge in [0, 0.05) is 38.2 Å². The van der Waals surface area contributed by atoms with Crippen LogP contribution in [0.1, 0.15) is 29.3 Å². The molecule has 0 aliphatic carbocycles. The van der Waals surface area contributed by atoms with E-state index in [0.29, 0.717) is 44.7 Å². The third-order valence-electron chi connectivity index (χ3n) is 4.55. The molecular formula is C18H23N5O2. The van der Waals surface area contributed by atoms with Crippen LogP contribution in [-0.4, -0.2) is 62.6 Å². The van der Waals surface area contributed by atoms with Crippen LogP contribution >= 0.6 is 0 Å². The zero-order valence-electron chi connectivity index (χ0n) is 14.5. The monoisotopic (exact) mass is 341 g/mol. The maximum atomic E-state index is 12.6. The molecule has 1 aliphatic heterocycles. The van der Waals surface area contributed by atoms with Crippen LogP contribution in [0.2, 0.25) is 0 Å². The van der Waals surface area contributed by atoms with Gasteiger partial charge in [0.25, 0.3) is 5.91 Å². The van der Waals surface area contributed by atoms with Crippen LogP contribution in [0.5, 0.6) is 0 Å². The fraction of sp³-hybridized carbons (Fsp3) is 0.444. The van der Waals surface area contributed by atoms with Gasteiger partial charge in [-0.1, -0.05) is 19.1 Å². The lowest BCUT2D eigenvalue weighted by Crippen LogP contribution is -2.50. The number of aryl methyl sites for hydroxylation is 2. The number of carbonyl (C=O) groups is 2. The molecule has 1 aromatic heterocycles. The van der Waals surface area contributed by atoms with E-state index in [9.17, 15) is 9.59 Å². The molecule has 25 heavy (non-hydrogen) atoms. The number of rotatable bonds is 5. The van der Waals surface area contributed by atoms with E-state index in [2.05, 4.69) is 17.0 Å². The number of aromatic nitrogens is 3. The second-order valence-electron chi connectivity index (χ2n) is 6.13. The first kappa shape index (κ1) is 17.1. The fourth-order valence-corrected chi connectivity index (χ4v) is 2.94. The lowest BCUT2D eigenvalue weighted by Gasteiger charge is -2.35. The number of benzene rings is 1. The molecule has 1 aliphatic rings. The van der Waals surface area contributed by atoms with Gasteiger partial charge < -0.3 is 9.80 Å². The predicted molar refractivity (Wildman–Crippen MR) is 92.9 cm³/mol. The Kier molecular flexibility index (Phi) is 5.42. The standard InChI is InChI=1S/C18H23N5O2/c1-2-15-3-5-16(6-4-15)18(25)22-11-9-21(10-12-22)17(24)7-8-23-14-19-13-20-23/h3-6,13-14H,2,7-12H2,1H3.